The Morgan fingerprint density at radius 1 is 1.14 bits per heavy atom. The SMILES string of the molecule is CCCC(CBr)(CCC)Cn1c(C(F)(F)F)cccc1=O. The highest BCUT2D eigenvalue weighted by atomic mass is 79.9. The van der Waals surface area contributed by atoms with E-state index in [0.29, 0.717) is 5.33 Å². The van der Waals surface area contributed by atoms with Crippen LogP contribution < -0.4 is 5.56 Å². The third-order valence-electron chi connectivity index (χ3n) is 3.68. The second-order valence-electron chi connectivity index (χ2n) is 5.47. The van der Waals surface area contributed by atoms with Crippen LogP contribution >= 0.6 is 15.9 Å². The zero-order valence-electron chi connectivity index (χ0n) is 12.3. The molecule has 0 saturated carbocycles. The molecule has 0 bridgehead atoms. The molecule has 0 N–H and O–H groups in total. The van der Waals surface area contributed by atoms with E-state index in [4.69, 9.17) is 0 Å². The predicted octanol–water partition coefficient (Wildman–Crippen LogP) is 4.85. The molecule has 1 heterocycles. The standard InChI is InChI=1S/C15H21BrF3NO/c1-3-8-14(10-16,9-4-2)11-20-12(15(17,18)19)6-5-7-13(20)21/h5-7H,3-4,8-11H2,1-2H3. The van der Waals surface area contributed by atoms with Crippen molar-refractivity contribution in [1.29, 1.82) is 0 Å². The molecule has 1 rings (SSSR count). The molecule has 0 amide bonds. The predicted molar refractivity (Wildman–Crippen MR) is 81.7 cm³/mol. The van der Waals surface area contributed by atoms with E-state index in [-0.39, 0.29) is 12.0 Å². The summed E-state index contributed by atoms with van der Waals surface area (Å²) in [7, 11) is 0. The molecular formula is C15H21BrF3NO. The van der Waals surface area contributed by atoms with Crippen LogP contribution in [-0.2, 0) is 12.7 Å². The lowest BCUT2D eigenvalue weighted by Crippen LogP contribution is -2.36. The van der Waals surface area contributed by atoms with Crippen molar-refractivity contribution in [1.82, 2.24) is 4.57 Å². The number of nitrogens with zero attached hydrogens (tertiary/aromatic N) is 1. The molecule has 0 unspecified atom stereocenters. The van der Waals surface area contributed by atoms with E-state index in [1.807, 2.05) is 13.8 Å². The number of hydrogen-bond donors (Lipinski definition) is 0. The lowest BCUT2D eigenvalue weighted by atomic mass is 9.81. The highest BCUT2D eigenvalue weighted by molar-refractivity contribution is 9.09. The van der Waals surface area contributed by atoms with Gasteiger partial charge in [-0.3, -0.25) is 4.79 Å². The number of aromatic nitrogens is 1. The van der Waals surface area contributed by atoms with Gasteiger partial charge >= 0.3 is 6.18 Å². The van der Waals surface area contributed by atoms with Gasteiger partial charge in [0.15, 0.2) is 0 Å². The quantitative estimate of drug-likeness (QED) is 0.631. The normalized spacial score (nSPS) is 12.7. The summed E-state index contributed by atoms with van der Waals surface area (Å²) in [5.74, 6) is 0. The first-order chi connectivity index (χ1) is 9.79. The van der Waals surface area contributed by atoms with Crippen LogP contribution in [0.1, 0.15) is 45.2 Å². The molecule has 0 fully saturated rings. The molecule has 1 aromatic heterocycles. The Balaban J connectivity index is 3.29. The van der Waals surface area contributed by atoms with Crippen LogP contribution in [0.15, 0.2) is 23.0 Å². The molecule has 0 aliphatic heterocycles. The fourth-order valence-electron chi connectivity index (χ4n) is 2.79. The molecule has 0 aromatic carbocycles. The van der Waals surface area contributed by atoms with E-state index in [1.54, 1.807) is 0 Å². The Labute approximate surface area is 131 Å². The number of alkyl halides is 4. The summed E-state index contributed by atoms with van der Waals surface area (Å²) in [5, 5.41) is 0.584. The highest BCUT2D eigenvalue weighted by Gasteiger charge is 2.37. The van der Waals surface area contributed by atoms with Crippen LogP contribution in [0.25, 0.3) is 0 Å². The Kier molecular flexibility index (Phi) is 6.50. The van der Waals surface area contributed by atoms with Crippen molar-refractivity contribution in [3.8, 4) is 0 Å². The van der Waals surface area contributed by atoms with Crippen LogP contribution in [0.4, 0.5) is 13.2 Å². The van der Waals surface area contributed by atoms with Crippen molar-refractivity contribution in [2.24, 2.45) is 5.41 Å². The van der Waals surface area contributed by atoms with Gasteiger partial charge in [-0.25, -0.2) is 0 Å². The fraction of sp³-hybridized carbons (Fsp3) is 0.667. The lowest BCUT2D eigenvalue weighted by Gasteiger charge is -2.33. The number of halogens is 4. The molecule has 6 heteroatoms. The van der Waals surface area contributed by atoms with E-state index in [1.165, 1.54) is 6.07 Å². The summed E-state index contributed by atoms with van der Waals surface area (Å²) in [6, 6.07) is 3.32. The second-order valence-corrected chi connectivity index (χ2v) is 6.03. The second kappa shape index (κ2) is 7.47. The fourth-order valence-corrected chi connectivity index (χ4v) is 3.52. The largest absolute Gasteiger partial charge is 0.431 e. The summed E-state index contributed by atoms with van der Waals surface area (Å²) >= 11 is 3.44. The summed E-state index contributed by atoms with van der Waals surface area (Å²) in [6.07, 6.45) is -1.21. The molecule has 0 spiro atoms. The van der Waals surface area contributed by atoms with Gasteiger partial charge in [-0.2, -0.15) is 13.2 Å². The van der Waals surface area contributed by atoms with E-state index < -0.39 is 17.4 Å². The molecule has 0 saturated heterocycles. The Hall–Kier alpha value is -0.780. The van der Waals surface area contributed by atoms with Crippen molar-refractivity contribution < 1.29 is 13.2 Å². The van der Waals surface area contributed by atoms with Crippen LogP contribution in [0.2, 0.25) is 0 Å². The average molecular weight is 368 g/mol. The van der Waals surface area contributed by atoms with Crippen molar-refractivity contribution in [2.75, 3.05) is 5.33 Å². The van der Waals surface area contributed by atoms with Crippen molar-refractivity contribution in [3.05, 3.63) is 34.2 Å². The van der Waals surface area contributed by atoms with Gasteiger partial charge in [-0.15, -0.1) is 0 Å². The Morgan fingerprint density at radius 2 is 1.71 bits per heavy atom. The van der Waals surface area contributed by atoms with Crippen molar-refractivity contribution in [2.45, 2.75) is 52.3 Å². The Morgan fingerprint density at radius 3 is 2.14 bits per heavy atom. The smallest absolute Gasteiger partial charge is 0.304 e. The van der Waals surface area contributed by atoms with Gasteiger partial charge in [0.1, 0.15) is 5.69 Å². The first-order valence-corrected chi connectivity index (χ1v) is 8.25. The topological polar surface area (TPSA) is 22.0 Å². The van der Waals surface area contributed by atoms with E-state index in [2.05, 4.69) is 15.9 Å². The molecule has 0 aliphatic carbocycles. The summed E-state index contributed by atoms with van der Waals surface area (Å²) in [5.41, 5.74) is -1.79. The summed E-state index contributed by atoms with van der Waals surface area (Å²) in [6.45, 7) is 4.10. The zero-order valence-corrected chi connectivity index (χ0v) is 13.9. The van der Waals surface area contributed by atoms with E-state index in [9.17, 15) is 18.0 Å². The van der Waals surface area contributed by atoms with Crippen LogP contribution in [-0.4, -0.2) is 9.90 Å². The highest BCUT2D eigenvalue weighted by Crippen LogP contribution is 2.36. The first-order valence-electron chi connectivity index (χ1n) is 7.12. The average Bonchev–Trinajstić information content (AvgIpc) is 2.40. The Bertz CT molecular complexity index is 504. The number of pyridine rings is 1. The molecule has 1 aromatic rings. The van der Waals surface area contributed by atoms with Gasteiger partial charge in [-0.1, -0.05) is 48.7 Å². The van der Waals surface area contributed by atoms with Crippen LogP contribution in [0.3, 0.4) is 0 Å². The molecular weight excluding hydrogens is 347 g/mol. The van der Waals surface area contributed by atoms with E-state index >= 15 is 0 Å². The minimum atomic E-state index is -4.52. The maximum atomic E-state index is 13.1. The van der Waals surface area contributed by atoms with Gasteiger partial charge < -0.3 is 4.57 Å². The molecule has 21 heavy (non-hydrogen) atoms. The van der Waals surface area contributed by atoms with Gasteiger partial charge in [0.05, 0.1) is 0 Å². The van der Waals surface area contributed by atoms with Crippen LogP contribution in [0, 0.1) is 5.41 Å². The van der Waals surface area contributed by atoms with Crippen molar-refractivity contribution >= 4 is 15.9 Å². The number of rotatable bonds is 7. The number of hydrogen-bond acceptors (Lipinski definition) is 1. The van der Waals surface area contributed by atoms with Gasteiger partial charge in [0.2, 0.25) is 0 Å². The van der Waals surface area contributed by atoms with Crippen LogP contribution in [0.5, 0.6) is 0 Å². The van der Waals surface area contributed by atoms with Gasteiger partial charge in [0, 0.05) is 17.9 Å². The molecule has 0 atom stereocenters. The third-order valence-corrected chi connectivity index (χ3v) is 4.87. The summed E-state index contributed by atoms with van der Waals surface area (Å²) < 4.78 is 40.2. The monoisotopic (exact) mass is 367 g/mol. The summed E-state index contributed by atoms with van der Waals surface area (Å²) in [4.78, 5) is 11.9. The first kappa shape index (κ1) is 18.3. The van der Waals surface area contributed by atoms with Gasteiger partial charge in [-0.05, 0) is 24.3 Å². The maximum absolute atomic E-state index is 13.1. The minimum absolute atomic E-state index is 0.0917. The molecule has 0 radical (unpaired) electrons. The maximum Gasteiger partial charge on any atom is 0.431 e. The molecule has 0 aliphatic rings. The van der Waals surface area contributed by atoms with Gasteiger partial charge in [0.25, 0.3) is 5.56 Å². The molecule has 2 nitrogen and oxygen atoms in total. The zero-order chi connectivity index (χ0) is 16.1. The third kappa shape index (κ3) is 4.59. The molecule has 120 valence electrons. The lowest BCUT2D eigenvalue weighted by molar-refractivity contribution is -0.144. The minimum Gasteiger partial charge on any atom is -0.304 e. The van der Waals surface area contributed by atoms with E-state index in [0.717, 1.165) is 42.4 Å². The van der Waals surface area contributed by atoms with Crippen molar-refractivity contribution in [3.63, 3.8) is 0 Å².